The van der Waals surface area contributed by atoms with Crippen molar-refractivity contribution in [2.45, 2.75) is 6.42 Å². The van der Waals surface area contributed by atoms with Crippen LogP contribution in [0.5, 0.6) is 0 Å². The number of aromatic nitrogens is 1. The summed E-state index contributed by atoms with van der Waals surface area (Å²) in [6.45, 7) is 0. The summed E-state index contributed by atoms with van der Waals surface area (Å²) in [5.74, 6) is -3.91. The fraction of sp³-hybridized carbons (Fsp3) is 0.143. The van der Waals surface area contributed by atoms with E-state index in [1.54, 1.807) is 6.07 Å². The Morgan fingerprint density at radius 2 is 2.08 bits per heavy atom. The zero-order chi connectivity index (χ0) is 9.14. The quantitative estimate of drug-likeness (QED) is 0.603. The predicted octanol–water partition coefficient (Wildman–Crippen LogP) is 1.56. The Labute approximate surface area is 66.3 Å². The van der Waals surface area contributed by atoms with Gasteiger partial charge in [-0.3, -0.25) is 0 Å². The first-order valence-corrected chi connectivity index (χ1v) is 3.02. The number of nitrogens with zero attached hydrogens (tertiary/aromatic N) is 2. The second kappa shape index (κ2) is 3.22. The normalized spacial score (nSPS) is 9.50. The van der Waals surface area contributed by atoms with Crippen molar-refractivity contribution >= 4 is 0 Å². The molecular weight excluding hydrogens is 169 g/mol. The Kier molecular flexibility index (Phi) is 2.29. The fourth-order valence-corrected chi connectivity index (χ4v) is 0.729. The molecule has 0 aliphatic carbocycles. The monoisotopic (exact) mass is 172 g/mol. The maximum atomic E-state index is 12.6. The van der Waals surface area contributed by atoms with Crippen LogP contribution < -0.4 is 0 Å². The highest BCUT2D eigenvalue weighted by molar-refractivity contribution is 5.18. The van der Waals surface area contributed by atoms with E-state index < -0.39 is 17.7 Å². The summed E-state index contributed by atoms with van der Waals surface area (Å²) in [6.07, 6.45) is -0.373. The van der Waals surface area contributed by atoms with Crippen molar-refractivity contribution < 1.29 is 13.2 Å². The average molecular weight is 172 g/mol. The highest BCUT2D eigenvalue weighted by atomic mass is 19.2. The largest absolute Gasteiger partial charge is 0.251 e. The number of halogens is 3. The SMILES string of the molecule is N#CCc1cc(F)nc(F)c1F. The third-order valence-corrected chi connectivity index (χ3v) is 1.23. The number of hydrogen-bond acceptors (Lipinski definition) is 2. The van der Waals surface area contributed by atoms with Gasteiger partial charge in [0.15, 0.2) is 5.82 Å². The molecule has 0 saturated heterocycles. The number of rotatable bonds is 1. The third kappa shape index (κ3) is 1.53. The summed E-state index contributed by atoms with van der Waals surface area (Å²) in [5, 5.41) is 8.14. The van der Waals surface area contributed by atoms with Crippen molar-refractivity contribution in [2.75, 3.05) is 0 Å². The first-order valence-electron chi connectivity index (χ1n) is 3.02. The minimum atomic E-state index is -1.51. The molecular formula is C7H3F3N2. The van der Waals surface area contributed by atoms with Crippen molar-refractivity contribution in [2.24, 2.45) is 0 Å². The van der Waals surface area contributed by atoms with Crippen LogP contribution in [0.15, 0.2) is 6.07 Å². The van der Waals surface area contributed by atoms with E-state index in [2.05, 4.69) is 4.98 Å². The van der Waals surface area contributed by atoms with Gasteiger partial charge in [-0.2, -0.15) is 19.0 Å². The number of hydrogen-bond donors (Lipinski definition) is 0. The van der Waals surface area contributed by atoms with Gasteiger partial charge in [0.2, 0.25) is 5.95 Å². The lowest BCUT2D eigenvalue weighted by Gasteiger charge is -1.97. The molecule has 0 spiro atoms. The zero-order valence-electron chi connectivity index (χ0n) is 5.81. The first kappa shape index (κ1) is 8.53. The molecule has 0 aliphatic heterocycles. The Morgan fingerprint density at radius 1 is 1.42 bits per heavy atom. The van der Waals surface area contributed by atoms with Crippen LogP contribution in [-0.2, 0) is 6.42 Å². The second-order valence-electron chi connectivity index (χ2n) is 2.04. The van der Waals surface area contributed by atoms with Crippen molar-refractivity contribution in [1.82, 2.24) is 4.98 Å². The Balaban J connectivity index is 3.20. The number of pyridine rings is 1. The predicted molar refractivity (Wildman–Crippen MR) is 33.4 cm³/mol. The standard InChI is InChI=1S/C7H3F3N2/c8-5-3-4(1-2-11)6(9)7(10)12-5/h3H,1H2. The molecule has 5 heteroatoms. The van der Waals surface area contributed by atoms with Gasteiger partial charge in [0.05, 0.1) is 12.5 Å². The molecule has 0 radical (unpaired) electrons. The maximum absolute atomic E-state index is 12.6. The van der Waals surface area contributed by atoms with Gasteiger partial charge in [-0.1, -0.05) is 0 Å². The van der Waals surface area contributed by atoms with Gasteiger partial charge >= 0.3 is 0 Å². The summed E-state index contributed by atoms with van der Waals surface area (Å²) in [4.78, 5) is 2.60. The van der Waals surface area contributed by atoms with Gasteiger partial charge in [0, 0.05) is 11.6 Å². The summed E-state index contributed by atoms with van der Waals surface area (Å²) in [5.41, 5.74) is -0.317. The van der Waals surface area contributed by atoms with Gasteiger partial charge in [-0.25, -0.2) is 4.39 Å². The Hall–Kier alpha value is -1.57. The molecule has 0 amide bonds. The molecule has 0 unspecified atom stereocenters. The van der Waals surface area contributed by atoms with Crippen molar-refractivity contribution in [3.8, 4) is 6.07 Å². The van der Waals surface area contributed by atoms with Crippen molar-refractivity contribution in [3.63, 3.8) is 0 Å². The minimum absolute atomic E-state index is 0.317. The van der Waals surface area contributed by atoms with E-state index in [1.807, 2.05) is 0 Å². The molecule has 0 fully saturated rings. The van der Waals surface area contributed by atoms with Crippen molar-refractivity contribution in [3.05, 3.63) is 29.3 Å². The van der Waals surface area contributed by atoms with Gasteiger partial charge in [0.25, 0.3) is 5.95 Å². The molecule has 1 heterocycles. The molecule has 0 atom stereocenters. The van der Waals surface area contributed by atoms with E-state index in [-0.39, 0.29) is 12.0 Å². The third-order valence-electron chi connectivity index (χ3n) is 1.23. The topological polar surface area (TPSA) is 36.7 Å². The maximum Gasteiger partial charge on any atom is 0.251 e. The van der Waals surface area contributed by atoms with Crippen LogP contribution in [-0.4, -0.2) is 4.98 Å². The van der Waals surface area contributed by atoms with Crippen LogP contribution in [0.1, 0.15) is 5.56 Å². The lowest BCUT2D eigenvalue weighted by atomic mass is 10.2. The van der Waals surface area contributed by atoms with E-state index in [0.717, 1.165) is 0 Å². The van der Waals surface area contributed by atoms with Gasteiger partial charge in [-0.15, -0.1) is 0 Å². The molecule has 1 aromatic rings. The smallest absolute Gasteiger partial charge is 0.202 e. The molecule has 2 nitrogen and oxygen atoms in total. The van der Waals surface area contributed by atoms with Crippen LogP contribution in [0.2, 0.25) is 0 Å². The fourth-order valence-electron chi connectivity index (χ4n) is 0.729. The van der Waals surface area contributed by atoms with Gasteiger partial charge in [-0.05, 0) is 0 Å². The number of nitriles is 1. The van der Waals surface area contributed by atoms with Crippen LogP contribution in [0.3, 0.4) is 0 Å². The summed E-state index contributed by atoms with van der Waals surface area (Å²) < 4.78 is 37.2. The molecule has 1 rings (SSSR count). The second-order valence-corrected chi connectivity index (χ2v) is 2.04. The zero-order valence-corrected chi connectivity index (χ0v) is 5.81. The lowest BCUT2D eigenvalue weighted by molar-refractivity contribution is 0.441. The van der Waals surface area contributed by atoms with Crippen LogP contribution in [0.4, 0.5) is 13.2 Å². The van der Waals surface area contributed by atoms with Crippen LogP contribution in [0, 0.1) is 29.0 Å². The molecule has 1 aromatic heterocycles. The molecule has 0 aromatic carbocycles. The average Bonchev–Trinajstić information content (AvgIpc) is 2.00. The molecule has 0 bridgehead atoms. The minimum Gasteiger partial charge on any atom is -0.202 e. The van der Waals surface area contributed by atoms with Crippen molar-refractivity contribution in [1.29, 1.82) is 5.26 Å². The van der Waals surface area contributed by atoms with Gasteiger partial charge < -0.3 is 0 Å². The molecule has 0 N–H and O–H groups in total. The van der Waals surface area contributed by atoms with E-state index in [1.165, 1.54) is 0 Å². The lowest BCUT2D eigenvalue weighted by Crippen LogP contribution is -1.99. The molecule has 0 aliphatic rings. The summed E-state index contributed by atoms with van der Waals surface area (Å²) >= 11 is 0. The van der Waals surface area contributed by atoms with Crippen LogP contribution >= 0.6 is 0 Å². The molecule has 12 heavy (non-hydrogen) atoms. The van der Waals surface area contributed by atoms with E-state index >= 15 is 0 Å². The highest BCUT2D eigenvalue weighted by Crippen LogP contribution is 2.11. The first-order chi connectivity index (χ1) is 5.65. The highest BCUT2D eigenvalue weighted by Gasteiger charge is 2.11. The van der Waals surface area contributed by atoms with E-state index in [4.69, 9.17) is 5.26 Å². The Bertz CT molecular complexity index is 343. The summed E-state index contributed by atoms with van der Waals surface area (Å²) in [6, 6.07) is 2.27. The summed E-state index contributed by atoms with van der Waals surface area (Å²) in [7, 11) is 0. The van der Waals surface area contributed by atoms with E-state index in [9.17, 15) is 13.2 Å². The van der Waals surface area contributed by atoms with Gasteiger partial charge in [0.1, 0.15) is 0 Å². The van der Waals surface area contributed by atoms with Crippen LogP contribution in [0.25, 0.3) is 0 Å². The molecule has 0 saturated carbocycles. The van der Waals surface area contributed by atoms with E-state index in [0.29, 0.717) is 6.07 Å². The Morgan fingerprint density at radius 3 is 2.67 bits per heavy atom. The molecule has 62 valence electrons.